The summed E-state index contributed by atoms with van der Waals surface area (Å²) >= 11 is 5.83. The maximum Gasteiger partial charge on any atom is 0.329 e. The molecule has 0 unspecified atom stereocenters. The molecule has 0 saturated carbocycles. The van der Waals surface area contributed by atoms with E-state index in [9.17, 15) is 9.59 Å². The van der Waals surface area contributed by atoms with Gasteiger partial charge in [-0.1, -0.05) is 11.6 Å². The molecule has 0 radical (unpaired) electrons. The fourth-order valence-corrected chi connectivity index (χ4v) is 1.95. The minimum atomic E-state index is -0.894. The molecule has 0 aliphatic carbocycles. The predicted octanol–water partition coefficient (Wildman–Crippen LogP) is 2.44. The minimum Gasteiger partial charge on any atom is -0.508 e. The Bertz CT molecular complexity index is 758. The zero-order valence-electron chi connectivity index (χ0n) is 12.2. The summed E-state index contributed by atoms with van der Waals surface area (Å²) in [5.41, 5.74) is 4.03. The third kappa shape index (κ3) is 4.82. The Morgan fingerprint density at radius 1 is 1.13 bits per heavy atom. The highest BCUT2D eigenvalue weighted by molar-refractivity contribution is 6.39. The number of hydrogen-bond donors (Lipinski definition) is 3. The minimum absolute atomic E-state index is 0.129. The zero-order chi connectivity index (χ0) is 16.8. The van der Waals surface area contributed by atoms with E-state index in [1.165, 1.54) is 18.3 Å². The van der Waals surface area contributed by atoms with E-state index in [0.717, 1.165) is 5.56 Å². The molecule has 0 spiro atoms. The fourth-order valence-electron chi connectivity index (χ4n) is 1.72. The van der Waals surface area contributed by atoms with Crippen molar-refractivity contribution in [3.05, 3.63) is 58.6 Å². The van der Waals surface area contributed by atoms with Crippen LogP contribution in [-0.4, -0.2) is 23.1 Å². The van der Waals surface area contributed by atoms with Crippen LogP contribution in [0.5, 0.6) is 5.75 Å². The third-order valence-electron chi connectivity index (χ3n) is 2.92. The fraction of sp³-hybridized carbons (Fsp3) is 0.0625. The molecule has 0 heterocycles. The summed E-state index contributed by atoms with van der Waals surface area (Å²) in [6.45, 7) is 1.77. The number of nitrogens with one attached hydrogen (secondary N) is 2. The molecular formula is C16H14ClN3O3. The largest absolute Gasteiger partial charge is 0.508 e. The Hall–Kier alpha value is -2.86. The lowest BCUT2D eigenvalue weighted by Gasteiger charge is -2.07. The number of carbonyl (C=O) groups is 2. The monoisotopic (exact) mass is 331 g/mol. The molecule has 2 aromatic rings. The molecule has 0 aromatic heterocycles. The van der Waals surface area contributed by atoms with Crippen molar-refractivity contribution >= 4 is 35.3 Å². The van der Waals surface area contributed by atoms with Gasteiger partial charge in [0.15, 0.2) is 0 Å². The van der Waals surface area contributed by atoms with Crippen molar-refractivity contribution in [2.75, 3.05) is 5.32 Å². The second kappa shape index (κ2) is 7.42. The van der Waals surface area contributed by atoms with E-state index >= 15 is 0 Å². The van der Waals surface area contributed by atoms with Gasteiger partial charge in [0.2, 0.25) is 0 Å². The number of nitrogens with zero attached hydrogens (tertiary/aromatic N) is 1. The predicted molar refractivity (Wildman–Crippen MR) is 88.7 cm³/mol. The van der Waals surface area contributed by atoms with Gasteiger partial charge in [-0.25, -0.2) is 5.43 Å². The molecule has 23 heavy (non-hydrogen) atoms. The Morgan fingerprint density at radius 2 is 1.83 bits per heavy atom. The summed E-state index contributed by atoms with van der Waals surface area (Å²) in [6.07, 6.45) is 1.36. The van der Waals surface area contributed by atoms with Crippen molar-refractivity contribution in [2.24, 2.45) is 5.10 Å². The molecule has 7 heteroatoms. The summed E-state index contributed by atoms with van der Waals surface area (Å²) < 4.78 is 0. The number of anilines is 1. The normalized spacial score (nSPS) is 10.5. The van der Waals surface area contributed by atoms with Crippen LogP contribution in [0.25, 0.3) is 0 Å². The number of benzene rings is 2. The molecule has 2 rings (SSSR count). The topological polar surface area (TPSA) is 90.8 Å². The quantitative estimate of drug-likeness (QED) is 0.458. The smallest absolute Gasteiger partial charge is 0.329 e. The number of phenols is 1. The summed E-state index contributed by atoms with van der Waals surface area (Å²) in [7, 11) is 0. The molecule has 0 bridgehead atoms. The highest BCUT2D eigenvalue weighted by Crippen LogP contribution is 2.19. The van der Waals surface area contributed by atoms with Crippen LogP contribution in [0, 0.1) is 6.92 Å². The molecular weight excluding hydrogens is 318 g/mol. The number of phenolic OH excluding ortho intramolecular Hbond substituents is 1. The van der Waals surface area contributed by atoms with Crippen LogP contribution >= 0.6 is 11.6 Å². The van der Waals surface area contributed by atoms with Crippen molar-refractivity contribution in [1.29, 1.82) is 0 Å². The number of rotatable bonds is 3. The molecule has 0 aliphatic rings. The van der Waals surface area contributed by atoms with Crippen molar-refractivity contribution in [2.45, 2.75) is 6.92 Å². The van der Waals surface area contributed by atoms with Gasteiger partial charge >= 0.3 is 11.8 Å². The van der Waals surface area contributed by atoms with Crippen LogP contribution in [-0.2, 0) is 9.59 Å². The van der Waals surface area contributed by atoms with E-state index < -0.39 is 11.8 Å². The molecule has 0 fully saturated rings. The lowest BCUT2D eigenvalue weighted by atomic mass is 10.2. The van der Waals surface area contributed by atoms with Gasteiger partial charge in [-0.15, -0.1) is 0 Å². The van der Waals surface area contributed by atoms with Gasteiger partial charge in [-0.2, -0.15) is 5.10 Å². The van der Waals surface area contributed by atoms with Crippen LogP contribution in [0.2, 0.25) is 5.02 Å². The molecule has 0 aliphatic heterocycles. The SMILES string of the molecule is Cc1cc(Cl)ccc1NC(=O)C(=O)N/N=C\c1ccc(O)cc1. The lowest BCUT2D eigenvalue weighted by Crippen LogP contribution is -2.32. The number of amides is 2. The third-order valence-corrected chi connectivity index (χ3v) is 3.15. The van der Waals surface area contributed by atoms with Crippen molar-refractivity contribution in [1.82, 2.24) is 5.43 Å². The van der Waals surface area contributed by atoms with E-state index in [-0.39, 0.29) is 5.75 Å². The molecule has 6 nitrogen and oxygen atoms in total. The Morgan fingerprint density at radius 3 is 2.48 bits per heavy atom. The van der Waals surface area contributed by atoms with Gasteiger partial charge in [0.05, 0.1) is 6.21 Å². The number of hydrazone groups is 1. The second-order valence-corrected chi connectivity index (χ2v) is 5.14. The van der Waals surface area contributed by atoms with Crippen LogP contribution in [0.4, 0.5) is 5.69 Å². The first-order chi connectivity index (χ1) is 11.0. The number of hydrogen-bond acceptors (Lipinski definition) is 4. The van der Waals surface area contributed by atoms with Gasteiger partial charge < -0.3 is 10.4 Å². The number of aryl methyl sites for hydroxylation is 1. The van der Waals surface area contributed by atoms with E-state index in [4.69, 9.17) is 16.7 Å². The van der Waals surface area contributed by atoms with Gasteiger partial charge in [0.25, 0.3) is 0 Å². The maximum atomic E-state index is 11.8. The van der Waals surface area contributed by atoms with E-state index in [0.29, 0.717) is 16.3 Å². The first-order valence-corrected chi connectivity index (χ1v) is 7.03. The van der Waals surface area contributed by atoms with E-state index in [1.807, 2.05) is 0 Å². The Kier molecular flexibility index (Phi) is 5.32. The van der Waals surface area contributed by atoms with Gasteiger partial charge in [0.1, 0.15) is 5.75 Å². The molecule has 2 aromatic carbocycles. The average molecular weight is 332 g/mol. The van der Waals surface area contributed by atoms with E-state index in [1.54, 1.807) is 37.3 Å². The van der Waals surface area contributed by atoms with Gasteiger partial charge in [-0.3, -0.25) is 9.59 Å². The molecule has 2 amide bonds. The van der Waals surface area contributed by atoms with E-state index in [2.05, 4.69) is 15.8 Å². The first-order valence-electron chi connectivity index (χ1n) is 6.65. The summed E-state index contributed by atoms with van der Waals surface area (Å²) in [4.78, 5) is 23.4. The highest BCUT2D eigenvalue weighted by atomic mass is 35.5. The van der Waals surface area contributed by atoms with Crippen molar-refractivity contribution < 1.29 is 14.7 Å². The Balaban J connectivity index is 1.92. The average Bonchev–Trinajstić information content (AvgIpc) is 2.51. The van der Waals surface area contributed by atoms with Gasteiger partial charge in [-0.05, 0) is 60.5 Å². The van der Waals surface area contributed by atoms with Crippen LogP contribution in [0.1, 0.15) is 11.1 Å². The number of carbonyl (C=O) groups excluding carboxylic acids is 2. The summed E-state index contributed by atoms with van der Waals surface area (Å²) in [5, 5.41) is 15.9. The second-order valence-electron chi connectivity index (χ2n) is 4.70. The number of halogens is 1. The number of aromatic hydroxyl groups is 1. The Labute approximate surface area is 137 Å². The first kappa shape index (κ1) is 16.5. The summed E-state index contributed by atoms with van der Waals surface area (Å²) in [6, 6.07) is 11.1. The molecule has 0 atom stereocenters. The lowest BCUT2D eigenvalue weighted by molar-refractivity contribution is -0.136. The van der Waals surface area contributed by atoms with Crippen molar-refractivity contribution in [3.63, 3.8) is 0 Å². The zero-order valence-corrected chi connectivity index (χ0v) is 13.0. The summed E-state index contributed by atoms with van der Waals surface area (Å²) in [5.74, 6) is -1.60. The molecule has 3 N–H and O–H groups in total. The highest BCUT2D eigenvalue weighted by Gasteiger charge is 2.13. The van der Waals surface area contributed by atoms with Crippen LogP contribution < -0.4 is 10.7 Å². The van der Waals surface area contributed by atoms with Crippen LogP contribution in [0.3, 0.4) is 0 Å². The standard InChI is InChI=1S/C16H14ClN3O3/c1-10-8-12(17)4-7-14(10)19-15(22)16(23)20-18-9-11-2-5-13(21)6-3-11/h2-9,21H,1H3,(H,19,22)(H,20,23)/b18-9-. The molecule has 118 valence electrons. The van der Waals surface area contributed by atoms with Crippen molar-refractivity contribution in [3.8, 4) is 5.75 Å². The van der Waals surface area contributed by atoms with Crippen LogP contribution in [0.15, 0.2) is 47.6 Å². The van der Waals surface area contributed by atoms with Gasteiger partial charge in [0, 0.05) is 10.7 Å². The maximum absolute atomic E-state index is 11.8. The molecule has 0 saturated heterocycles.